The molecule has 3 aromatic rings. The number of rotatable bonds is 13. The smallest absolute Gasteiger partial charge is 0.326 e. The van der Waals surface area contributed by atoms with Crippen LogP contribution < -0.4 is 16.4 Å². The quantitative estimate of drug-likeness (QED) is 0.173. The molecule has 0 radical (unpaired) electrons. The molecule has 1 aromatic heterocycles. The number of phenolic OH excluding ortho intramolecular Hbond substituents is 1. The Balaban J connectivity index is 1.42. The maximum Gasteiger partial charge on any atom is 0.326 e. The zero-order chi connectivity index (χ0) is 30.2. The number of fused-ring (bicyclic) bond motifs is 1. The Bertz CT molecular complexity index is 1410. The lowest BCUT2D eigenvalue weighted by Gasteiger charge is -2.30. The molecule has 42 heavy (non-hydrogen) atoms. The zero-order valence-corrected chi connectivity index (χ0v) is 24.2. The summed E-state index contributed by atoms with van der Waals surface area (Å²) in [5, 5.41) is 25.7. The highest BCUT2D eigenvalue weighted by molar-refractivity contribution is 7.98. The Kier molecular flexibility index (Phi) is 10.5. The van der Waals surface area contributed by atoms with E-state index in [-0.39, 0.29) is 18.6 Å². The molecule has 0 aliphatic carbocycles. The van der Waals surface area contributed by atoms with Gasteiger partial charge in [0.2, 0.25) is 17.7 Å². The molecule has 7 N–H and O–H groups in total. The standard InChI is InChI=1S/C30H37N5O6S/c1-42-14-12-24(33-27(37)22(31)15-18-8-10-20(36)11-9-18)29(39)35-13-4-7-26(35)28(38)34-25(30(40)41)16-19-17-32-23-6-3-2-5-21(19)23/h2-3,5-6,8-11,17,22,24-26,32,36H,4,7,12-16,31H2,1H3,(H,33,37)(H,34,38)(H,40,41). The predicted molar refractivity (Wildman–Crippen MR) is 161 cm³/mol. The van der Waals surface area contributed by atoms with Gasteiger partial charge in [0.15, 0.2) is 0 Å². The highest BCUT2D eigenvalue weighted by Crippen LogP contribution is 2.22. The number of aromatic amines is 1. The number of thioether (sulfide) groups is 1. The van der Waals surface area contributed by atoms with Crippen molar-refractivity contribution in [3.05, 3.63) is 65.9 Å². The Morgan fingerprint density at radius 1 is 1.07 bits per heavy atom. The van der Waals surface area contributed by atoms with Crippen LogP contribution in [0.3, 0.4) is 0 Å². The number of nitrogens with zero attached hydrogens (tertiary/aromatic N) is 1. The van der Waals surface area contributed by atoms with Gasteiger partial charge in [-0.2, -0.15) is 11.8 Å². The van der Waals surface area contributed by atoms with Gasteiger partial charge in [-0.3, -0.25) is 14.4 Å². The van der Waals surface area contributed by atoms with Crippen LogP contribution in [0.4, 0.5) is 0 Å². The second kappa shape index (κ2) is 14.2. The Morgan fingerprint density at radius 2 is 1.81 bits per heavy atom. The molecule has 11 nitrogen and oxygen atoms in total. The first-order chi connectivity index (χ1) is 20.2. The number of hydrogen-bond donors (Lipinski definition) is 6. The summed E-state index contributed by atoms with van der Waals surface area (Å²) in [6, 6.07) is 10.1. The van der Waals surface area contributed by atoms with Crippen LogP contribution >= 0.6 is 11.8 Å². The second-order valence-electron chi connectivity index (χ2n) is 10.5. The second-order valence-corrected chi connectivity index (χ2v) is 11.5. The molecular weight excluding hydrogens is 558 g/mol. The first kappa shape index (κ1) is 30.9. The maximum atomic E-state index is 13.7. The van der Waals surface area contributed by atoms with E-state index in [4.69, 9.17) is 5.73 Å². The van der Waals surface area contributed by atoms with Crippen molar-refractivity contribution < 1.29 is 29.4 Å². The van der Waals surface area contributed by atoms with Crippen molar-refractivity contribution in [1.82, 2.24) is 20.5 Å². The molecule has 0 spiro atoms. The van der Waals surface area contributed by atoms with Crippen molar-refractivity contribution in [3.8, 4) is 5.75 Å². The van der Waals surface area contributed by atoms with Crippen LogP contribution in [0.15, 0.2) is 54.7 Å². The van der Waals surface area contributed by atoms with Crippen molar-refractivity contribution >= 4 is 46.4 Å². The van der Waals surface area contributed by atoms with Gasteiger partial charge in [-0.25, -0.2) is 4.79 Å². The Labute approximate surface area is 248 Å². The molecule has 4 unspecified atom stereocenters. The number of amides is 3. The van der Waals surface area contributed by atoms with Gasteiger partial charge in [0.25, 0.3) is 0 Å². The highest BCUT2D eigenvalue weighted by Gasteiger charge is 2.39. The first-order valence-electron chi connectivity index (χ1n) is 13.9. The summed E-state index contributed by atoms with van der Waals surface area (Å²) >= 11 is 1.53. The molecule has 1 saturated heterocycles. The number of carbonyl (C=O) groups is 4. The van der Waals surface area contributed by atoms with E-state index in [0.717, 1.165) is 22.0 Å². The Hall–Kier alpha value is -4.03. The molecule has 4 rings (SSSR count). The van der Waals surface area contributed by atoms with Gasteiger partial charge in [0.05, 0.1) is 6.04 Å². The predicted octanol–water partition coefficient (Wildman–Crippen LogP) is 1.78. The number of likely N-dealkylation sites (tertiary alicyclic amines) is 1. The Morgan fingerprint density at radius 3 is 2.52 bits per heavy atom. The number of carbonyl (C=O) groups excluding carboxylic acids is 3. The fraction of sp³-hybridized carbons (Fsp3) is 0.400. The number of aromatic nitrogens is 1. The summed E-state index contributed by atoms with van der Waals surface area (Å²) in [5.41, 5.74) is 8.54. The SMILES string of the molecule is CSCCC(NC(=O)C(N)Cc1ccc(O)cc1)C(=O)N1CCCC1C(=O)NC(Cc1c[nH]c2ccccc12)C(=O)O. The van der Waals surface area contributed by atoms with Gasteiger partial charge in [-0.05, 0) is 67.0 Å². The number of phenols is 1. The monoisotopic (exact) mass is 595 g/mol. The number of carboxylic acid groups (broad SMARTS) is 1. The van der Waals surface area contributed by atoms with Gasteiger partial charge in [0.1, 0.15) is 23.9 Å². The summed E-state index contributed by atoms with van der Waals surface area (Å²) < 4.78 is 0. The lowest BCUT2D eigenvalue weighted by Crippen LogP contribution is -2.57. The van der Waals surface area contributed by atoms with Gasteiger partial charge >= 0.3 is 5.97 Å². The molecule has 224 valence electrons. The van der Waals surface area contributed by atoms with E-state index in [9.17, 15) is 29.4 Å². The van der Waals surface area contributed by atoms with E-state index in [0.29, 0.717) is 31.6 Å². The summed E-state index contributed by atoms with van der Waals surface area (Å²) in [6.07, 6.45) is 5.25. The van der Waals surface area contributed by atoms with Crippen LogP contribution in [-0.2, 0) is 32.0 Å². The third-order valence-corrected chi connectivity index (χ3v) is 8.15. The van der Waals surface area contributed by atoms with Crippen LogP contribution in [0.1, 0.15) is 30.4 Å². The van der Waals surface area contributed by atoms with E-state index in [1.54, 1.807) is 18.3 Å². The van der Waals surface area contributed by atoms with Crippen molar-refractivity contribution in [1.29, 1.82) is 0 Å². The van der Waals surface area contributed by atoms with Crippen LogP contribution in [-0.4, -0.2) is 86.5 Å². The third kappa shape index (κ3) is 7.62. The van der Waals surface area contributed by atoms with Gasteiger partial charge in [-0.15, -0.1) is 0 Å². The topological polar surface area (TPSA) is 178 Å². The number of aromatic hydroxyl groups is 1. The van der Waals surface area contributed by atoms with Crippen LogP contribution in [0, 0.1) is 0 Å². The number of carboxylic acids is 1. The fourth-order valence-electron chi connectivity index (χ4n) is 5.24. The minimum absolute atomic E-state index is 0.0804. The number of H-pyrrole nitrogens is 1. The first-order valence-corrected chi connectivity index (χ1v) is 15.3. The molecule has 1 fully saturated rings. The van der Waals surface area contributed by atoms with E-state index in [1.807, 2.05) is 30.5 Å². The molecule has 1 aliphatic rings. The normalized spacial score (nSPS) is 17.0. The number of benzene rings is 2. The van der Waals surface area contributed by atoms with E-state index < -0.39 is 47.9 Å². The number of nitrogens with one attached hydrogen (secondary N) is 3. The van der Waals surface area contributed by atoms with Crippen molar-refractivity contribution in [2.75, 3.05) is 18.6 Å². The summed E-state index contributed by atoms with van der Waals surface area (Å²) in [4.78, 5) is 56.7. The molecule has 1 aliphatic heterocycles. The highest BCUT2D eigenvalue weighted by atomic mass is 32.2. The lowest BCUT2D eigenvalue weighted by molar-refractivity contribution is -0.144. The molecule has 0 saturated carbocycles. The summed E-state index contributed by atoms with van der Waals surface area (Å²) in [5.74, 6) is -1.89. The third-order valence-electron chi connectivity index (χ3n) is 7.51. The number of nitrogens with two attached hydrogens (primary N) is 1. The van der Waals surface area contributed by atoms with Crippen molar-refractivity contribution in [2.24, 2.45) is 5.73 Å². The van der Waals surface area contributed by atoms with Crippen molar-refractivity contribution in [2.45, 2.75) is 56.3 Å². The van der Waals surface area contributed by atoms with Crippen LogP contribution in [0.5, 0.6) is 5.75 Å². The van der Waals surface area contributed by atoms with Gasteiger partial charge in [-0.1, -0.05) is 30.3 Å². The molecule has 0 bridgehead atoms. The van der Waals surface area contributed by atoms with Crippen LogP contribution in [0.2, 0.25) is 0 Å². The fourth-order valence-corrected chi connectivity index (χ4v) is 5.71. The van der Waals surface area contributed by atoms with Crippen molar-refractivity contribution in [3.63, 3.8) is 0 Å². The molecule has 3 amide bonds. The van der Waals surface area contributed by atoms with Crippen LogP contribution in [0.25, 0.3) is 10.9 Å². The molecular formula is C30H37N5O6S. The maximum absolute atomic E-state index is 13.7. The minimum atomic E-state index is -1.18. The minimum Gasteiger partial charge on any atom is -0.508 e. The van der Waals surface area contributed by atoms with E-state index in [2.05, 4.69) is 15.6 Å². The number of aliphatic carboxylic acids is 1. The van der Waals surface area contributed by atoms with E-state index in [1.165, 1.54) is 28.8 Å². The average molecular weight is 596 g/mol. The molecule has 2 heterocycles. The largest absolute Gasteiger partial charge is 0.508 e. The molecule has 2 aromatic carbocycles. The van der Waals surface area contributed by atoms with Gasteiger partial charge < -0.3 is 36.5 Å². The molecule has 12 heteroatoms. The summed E-state index contributed by atoms with van der Waals surface area (Å²) in [6.45, 7) is 0.322. The average Bonchev–Trinajstić information content (AvgIpc) is 3.63. The zero-order valence-electron chi connectivity index (χ0n) is 23.4. The summed E-state index contributed by atoms with van der Waals surface area (Å²) in [7, 11) is 0. The lowest BCUT2D eigenvalue weighted by atomic mass is 10.0. The number of para-hydroxylation sites is 1. The van der Waals surface area contributed by atoms with Gasteiger partial charge in [0, 0.05) is 30.1 Å². The number of hydrogen-bond acceptors (Lipinski definition) is 7. The van der Waals surface area contributed by atoms with E-state index >= 15 is 0 Å². The molecule has 4 atom stereocenters.